The number of amides is 1. The van der Waals surface area contributed by atoms with Gasteiger partial charge in [0.25, 0.3) is 0 Å². The zero-order valence-corrected chi connectivity index (χ0v) is 16.3. The molecule has 1 aromatic heterocycles. The van der Waals surface area contributed by atoms with Crippen LogP contribution >= 0.6 is 11.3 Å². The summed E-state index contributed by atoms with van der Waals surface area (Å²) in [6, 6.07) is 11.7. The number of benzene rings is 1. The van der Waals surface area contributed by atoms with Crippen molar-refractivity contribution < 1.29 is 19.4 Å². The number of nitrogens with zero attached hydrogens (tertiary/aromatic N) is 1. The molecule has 0 saturated carbocycles. The molecule has 3 rings (SSSR count). The fourth-order valence-electron chi connectivity index (χ4n) is 3.33. The Morgan fingerprint density at radius 3 is 2.70 bits per heavy atom. The summed E-state index contributed by atoms with van der Waals surface area (Å²) < 4.78 is 5.80. The predicted octanol–water partition coefficient (Wildman–Crippen LogP) is 4.50. The van der Waals surface area contributed by atoms with Gasteiger partial charge in [0.2, 0.25) is 5.91 Å². The van der Waals surface area contributed by atoms with E-state index in [0.717, 1.165) is 23.4 Å². The normalized spacial score (nSPS) is 16.9. The minimum atomic E-state index is -0.916. The van der Waals surface area contributed by atoms with Gasteiger partial charge in [-0.3, -0.25) is 4.79 Å². The SMILES string of the molecule is CCCCc1ccc(N2C(=O)CC[C@@H]2COCc2ccc(C(=O)O)s2)cc1. The molecule has 0 radical (unpaired) electrons. The average Bonchev–Trinajstić information content (AvgIpc) is 3.28. The van der Waals surface area contributed by atoms with Gasteiger partial charge in [0.05, 0.1) is 19.3 Å². The monoisotopic (exact) mass is 387 g/mol. The van der Waals surface area contributed by atoms with Crippen molar-refractivity contribution >= 4 is 28.9 Å². The molecule has 144 valence electrons. The summed E-state index contributed by atoms with van der Waals surface area (Å²) in [5.74, 6) is -0.782. The molecule has 1 aliphatic heterocycles. The van der Waals surface area contributed by atoms with Crippen LogP contribution in [-0.2, 0) is 22.6 Å². The molecule has 1 fully saturated rings. The zero-order valence-electron chi connectivity index (χ0n) is 15.5. The molecule has 6 heteroatoms. The summed E-state index contributed by atoms with van der Waals surface area (Å²) >= 11 is 1.22. The molecule has 0 unspecified atom stereocenters. The van der Waals surface area contributed by atoms with E-state index in [4.69, 9.17) is 9.84 Å². The third-order valence-electron chi connectivity index (χ3n) is 4.79. The van der Waals surface area contributed by atoms with Crippen molar-refractivity contribution in [2.45, 2.75) is 51.7 Å². The van der Waals surface area contributed by atoms with E-state index in [2.05, 4.69) is 19.1 Å². The second-order valence-electron chi connectivity index (χ2n) is 6.81. The maximum atomic E-state index is 12.4. The zero-order chi connectivity index (χ0) is 19.2. The fourth-order valence-corrected chi connectivity index (χ4v) is 4.11. The highest BCUT2D eigenvalue weighted by Crippen LogP contribution is 2.28. The molecule has 1 saturated heterocycles. The molecule has 1 aliphatic rings. The van der Waals surface area contributed by atoms with Crippen LogP contribution in [0.25, 0.3) is 0 Å². The predicted molar refractivity (Wildman–Crippen MR) is 106 cm³/mol. The van der Waals surface area contributed by atoms with Crippen molar-refractivity contribution in [3.05, 3.63) is 51.7 Å². The summed E-state index contributed by atoms with van der Waals surface area (Å²) in [6.07, 6.45) is 4.72. The van der Waals surface area contributed by atoms with E-state index >= 15 is 0 Å². The lowest BCUT2D eigenvalue weighted by Crippen LogP contribution is -2.36. The van der Waals surface area contributed by atoms with E-state index in [1.807, 2.05) is 17.0 Å². The number of aromatic carboxylic acids is 1. The first-order valence-electron chi connectivity index (χ1n) is 9.39. The molecular weight excluding hydrogens is 362 g/mol. The van der Waals surface area contributed by atoms with Crippen LogP contribution in [0.2, 0.25) is 0 Å². The Hall–Kier alpha value is -2.18. The third kappa shape index (κ3) is 4.96. The number of carbonyl (C=O) groups is 2. The molecule has 1 amide bonds. The Morgan fingerprint density at radius 2 is 2.04 bits per heavy atom. The number of carbonyl (C=O) groups excluding carboxylic acids is 1. The number of rotatable bonds is 9. The van der Waals surface area contributed by atoms with Crippen LogP contribution in [-0.4, -0.2) is 29.6 Å². The topological polar surface area (TPSA) is 66.8 Å². The fraction of sp³-hybridized carbons (Fsp3) is 0.429. The average molecular weight is 388 g/mol. The molecule has 0 bridgehead atoms. The highest BCUT2D eigenvalue weighted by molar-refractivity contribution is 7.13. The van der Waals surface area contributed by atoms with Gasteiger partial charge in [-0.25, -0.2) is 4.79 Å². The van der Waals surface area contributed by atoms with Crippen LogP contribution in [0.4, 0.5) is 5.69 Å². The van der Waals surface area contributed by atoms with Gasteiger partial charge >= 0.3 is 5.97 Å². The van der Waals surface area contributed by atoms with Crippen LogP contribution in [0.3, 0.4) is 0 Å². The second-order valence-corrected chi connectivity index (χ2v) is 7.98. The van der Waals surface area contributed by atoms with Gasteiger partial charge in [0, 0.05) is 17.0 Å². The van der Waals surface area contributed by atoms with E-state index in [1.165, 1.54) is 29.7 Å². The number of carboxylic acids is 1. The summed E-state index contributed by atoms with van der Waals surface area (Å²) in [7, 11) is 0. The van der Waals surface area contributed by atoms with Crippen LogP contribution in [0.5, 0.6) is 0 Å². The Morgan fingerprint density at radius 1 is 1.26 bits per heavy atom. The Labute approximate surface area is 163 Å². The summed E-state index contributed by atoms with van der Waals surface area (Å²) in [6.45, 7) is 3.00. The first kappa shape index (κ1) is 19.6. The molecule has 2 heterocycles. The number of carboxylic acid groups (broad SMARTS) is 1. The first-order valence-corrected chi connectivity index (χ1v) is 10.2. The molecule has 1 atom stereocenters. The van der Waals surface area contributed by atoms with Gasteiger partial charge in [-0.1, -0.05) is 25.5 Å². The highest BCUT2D eigenvalue weighted by atomic mass is 32.1. The lowest BCUT2D eigenvalue weighted by molar-refractivity contribution is -0.117. The number of hydrogen-bond donors (Lipinski definition) is 1. The Balaban J connectivity index is 1.57. The minimum Gasteiger partial charge on any atom is -0.477 e. The van der Waals surface area contributed by atoms with Crippen molar-refractivity contribution in [3.8, 4) is 0 Å². The van der Waals surface area contributed by atoms with E-state index in [0.29, 0.717) is 24.5 Å². The van der Waals surface area contributed by atoms with E-state index in [1.54, 1.807) is 12.1 Å². The van der Waals surface area contributed by atoms with Gasteiger partial charge in [-0.2, -0.15) is 0 Å². The quantitative estimate of drug-likeness (QED) is 0.688. The number of hydrogen-bond acceptors (Lipinski definition) is 4. The summed E-state index contributed by atoms with van der Waals surface area (Å²) in [4.78, 5) is 26.3. The number of ether oxygens (including phenoxy) is 1. The second kappa shape index (κ2) is 9.15. The van der Waals surface area contributed by atoms with Crippen LogP contribution in [0.1, 0.15) is 52.7 Å². The number of aryl methyl sites for hydroxylation is 1. The molecular formula is C21H25NO4S. The third-order valence-corrected chi connectivity index (χ3v) is 5.83. The van der Waals surface area contributed by atoms with Crippen molar-refractivity contribution in [1.29, 1.82) is 0 Å². The molecule has 1 N–H and O–H groups in total. The largest absolute Gasteiger partial charge is 0.477 e. The van der Waals surface area contributed by atoms with Gasteiger partial charge in [0.15, 0.2) is 0 Å². The van der Waals surface area contributed by atoms with Crippen molar-refractivity contribution in [2.75, 3.05) is 11.5 Å². The smallest absolute Gasteiger partial charge is 0.345 e. The maximum Gasteiger partial charge on any atom is 0.345 e. The lowest BCUT2D eigenvalue weighted by Gasteiger charge is -2.25. The Bertz CT molecular complexity index is 784. The van der Waals surface area contributed by atoms with Gasteiger partial charge in [-0.15, -0.1) is 11.3 Å². The molecule has 5 nitrogen and oxygen atoms in total. The lowest BCUT2D eigenvalue weighted by atomic mass is 10.1. The van der Waals surface area contributed by atoms with E-state index in [9.17, 15) is 9.59 Å². The van der Waals surface area contributed by atoms with Crippen LogP contribution < -0.4 is 4.90 Å². The van der Waals surface area contributed by atoms with Crippen molar-refractivity contribution in [2.24, 2.45) is 0 Å². The molecule has 27 heavy (non-hydrogen) atoms. The van der Waals surface area contributed by atoms with E-state index < -0.39 is 5.97 Å². The van der Waals surface area contributed by atoms with Crippen LogP contribution in [0, 0.1) is 0 Å². The molecule has 0 aliphatic carbocycles. The van der Waals surface area contributed by atoms with Gasteiger partial charge in [-0.05, 0) is 49.1 Å². The van der Waals surface area contributed by atoms with Gasteiger partial charge in [0.1, 0.15) is 4.88 Å². The highest BCUT2D eigenvalue weighted by Gasteiger charge is 2.32. The maximum absolute atomic E-state index is 12.4. The standard InChI is InChI=1S/C21H25NO4S/c1-2-3-4-15-5-7-16(8-6-15)22-17(9-12-20(22)23)13-26-14-18-10-11-19(27-18)21(24)25/h5-8,10-11,17H,2-4,9,12-14H2,1H3,(H,24,25)/t17-/m1/s1. The van der Waals surface area contributed by atoms with Crippen LogP contribution in [0.15, 0.2) is 36.4 Å². The molecule has 1 aromatic carbocycles. The first-order chi connectivity index (χ1) is 13.1. The molecule has 0 spiro atoms. The number of unbranched alkanes of at least 4 members (excludes halogenated alkanes) is 1. The minimum absolute atomic E-state index is 0.0258. The number of thiophene rings is 1. The van der Waals surface area contributed by atoms with Crippen molar-refractivity contribution in [1.82, 2.24) is 0 Å². The summed E-state index contributed by atoms with van der Waals surface area (Å²) in [5, 5.41) is 8.98. The summed E-state index contributed by atoms with van der Waals surface area (Å²) in [5.41, 5.74) is 2.22. The van der Waals surface area contributed by atoms with E-state index in [-0.39, 0.29) is 11.9 Å². The van der Waals surface area contributed by atoms with Gasteiger partial charge < -0.3 is 14.7 Å². The number of anilines is 1. The Kier molecular flexibility index (Phi) is 6.63. The molecule has 2 aromatic rings. The van der Waals surface area contributed by atoms with Crippen molar-refractivity contribution in [3.63, 3.8) is 0 Å².